The van der Waals surface area contributed by atoms with Gasteiger partial charge in [0.15, 0.2) is 0 Å². The van der Waals surface area contributed by atoms with Gasteiger partial charge in [0, 0.05) is 164 Å². The van der Waals surface area contributed by atoms with Crippen LogP contribution in [0, 0.1) is 0 Å². The summed E-state index contributed by atoms with van der Waals surface area (Å²) in [5.74, 6) is 7.15. The third-order valence-corrected chi connectivity index (χ3v) is 31.7. The first-order chi connectivity index (χ1) is 57.6. The van der Waals surface area contributed by atoms with Gasteiger partial charge < -0.3 is 45.3 Å². The van der Waals surface area contributed by atoms with Gasteiger partial charge in [0.1, 0.15) is 0 Å². The lowest BCUT2D eigenvalue weighted by atomic mass is 9.83. The van der Waals surface area contributed by atoms with Gasteiger partial charge >= 0.3 is 0 Å². The van der Waals surface area contributed by atoms with Gasteiger partial charge in [-0.3, -0.25) is 29.4 Å². The summed E-state index contributed by atoms with van der Waals surface area (Å²) < 4.78 is 0. The first-order valence-electron chi connectivity index (χ1n) is 50.1. The zero-order valence-corrected chi connectivity index (χ0v) is 84.2. The Balaban J connectivity index is 1.04. The maximum absolute atomic E-state index is 5.78. The Kier molecular flexibility index (Phi) is 37.0. The van der Waals surface area contributed by atoms with E-state index in [1.807, 2.05) is 0 Å². The monoisotopic (exact) mass is 1700 g/mol. The Hall–Kier alpha value is -5.01. The molecule has 6 saturated heterocycles. The van der Waals surface area contributed by atoms with Crippen molar-refractivity contribution >= 4 is 53.5 Å². The van der Waals surface area contributed by atoms with E-state index in [0.29, 0.717) is 84.4 Å². The molecule has 698 valence electrons. The second-order valence-corrected chi connectivity index (χ2v) is 43.6. The number of anilines is 9. The molecule has 6 aliphatic rings. The summed E-state index contributed by atoms with van der Waals surface area (Å²) in [4.78, 5) is 81.8. The van der Waals surface area contributed by atoms with Crippen LogP contribution in [0.15, 0.2) is 0 Å². The molecule has 9 rings (SSSR count). The van der Waals surface area contributed by atoms with Crippen molar-refractivity contribution in [1.29, 1.82) is 0 Å². The normalized spacial score (nSPS) is 27.3. The molecule has 0 aromatic carbocycles. The fraction of sp³-hybridized carbons (Fsp3) is 0.908. The van der Waals surface area contributed by atoms with E-state index in [9.17, 15) is 0 Å². The molecule has 0 spiro atoms. The molecular formula is C98H186N24. The molecule has 0 saturated carbocycles. The number of unbranched alkanes of at least 4 members (excludes halogenated alkanes) is 10. The Bertz CT molecular complexity index is 3230. The molecule has 3 aromatic heterocycles. The number of likely N-dealkylation sites (tertiary alicyclic amines) is 6. The summed E-state index contributed by atoms with van der Waals surface area (Å²) >= 11 is 0. The highest BCUT2D eigenvalue weighted by atomic mass is 15.4. The standard InChI is InChI=1S/C98H186N24/c1-31-37-53-117(78-59-71(7)111(25)93(13,14)65-78)87-102-84(103-88(108-87)118(54-38-32-2)79-60-72(8)112(26)94(15,16)66-79)99-51-47-43-45-49-77(101-86-106-91(121(57-41-35-5)82-63-75(11)115(29)97(21,22)69-82)110-92(107-86)122(58-42-36-6)83-64-76(12)116(30)98(23,24)70-83)50-46-44-48-52-100-85-104-89(119(55-39-33-3)80-61-73(9)113(27)95(17,18)67-80)109-90(105-85)120(56-40-34-4)81-62-74(10)114(28)96(19,20)68-81/h71-83H,31-70H2,1-30H3,(H,99,102,103,108)(H,100,104,105,109)(H,101,106,107,110). The molecule has 9 heterocycles. The van der Waals surface area contributed by atoms with E-state index in [0.717, 1.165) is 299 Å². The highest BCUT2D eigenvalue weighted by Crippen LogP contribution is 2.43. The van der Waals surface area contributed by atoms with Crippen molar-refractivity contribution < 1.29 is 0 Å². The minimum absolute atomic E-state index is 0.0183. The fourth-order valence-corrected chi connectivity index (χ4v) is 22.1. The van der Waals surface area contributed by atoms with Crippen LogP contribution in [0.5, 0.6) is 0 Å². The maximum Gasteiger partial charge on any atom is 0.232 e. The first kappa shape index (κ1) is 101. The van der Waals surface area contributed by atoms with E-state index in [-0.39, 0.29) is 39.3 Å². The van der Waals surface area contributed by atoms with E-state index >= 15 is 0 Å². The molecule has 24 heteroatoms. The molecule has 0 bridgehead atoms. The molecule has 0 radical (unpaired) electrons. The van der Waals surface area contributed by atoms with Crippen molar-refractivity contribution in [3.05, 3.63) is 0 Å². The van der Waals surface area contributed by atoms with Gasteiger partial charge in [-0.1, -0.05) is 106 Å². The van der Waals surface area contributed by atoms with Crippen LogP contribution >= 0.6 is 0 Å². The van der Waals surface area contributed by atoms with Crippen LogP contribution in [0.2, 0.25) is 0 Å². The largest absolute Gasteiger partial charge is 0.354 e. The number of nitrogens with zero attached hydrogens (tertiary/aromatic N) is 21. The van der Waals surface area contributed by atoms with Gasteiger partial charge in [-0.2, -0.15) is 44.9 Å². The summed E-state index contributed by atoms with van der Waals surface area (Å²) in [6.07, 6.45) is 34.1. The number of rotatable bonds is 46. The smallest absolute Gasteiger partial charge is 0.232 e. The molecule has 12 atom stereocenters. The second-order valence-electron chi connectivity index (χ2n) is 43.6. The highest BCUT2D eigenvalue weighted by molar-refractivity contribution is 5.51. The fourth-order valence-electron chi connectivity index (χ4n) is 22.1. The highest BCUT2D eigenvalue weighted by Gasteiger charge is 2.47. The molecule has 122 heavy (non-hydrogen) atoms. The predicted octanol–water partition coefficient (Wildman–Crippen LogP) is 19.6. The number of hydrogen-bond acceptors (Lipinski definition) is 24. The number of nitrogens with one attached hydrogen (secondary N) is 3. The van der Waals surface area contributed by atoms with Crippen molar-refractivity contribution in [2.24, 2.45) is 0 Å². The topological polar surface area (TPSA) is 191 Å². The van der Waals surface area contributed by atoms with Gasteiger partial charge in [0.25, 0.3) is 0 Å². The van der Waals surface area contributed by atoms with E-state index < -0.39 is 0 Å². The summed E-state index contributed by atoms with van der Waals surface area (Å²) in [7, 11) is 13.9. The summed E-state index contributed by atoms with van der Waals surface area (Å²) in [6.45, 7) is 64.6. The summed E-state index contributed by atoms with van der Waals surface area (Å²) in [5, 5.41) is 12.0. The molecule has 3 N–H and O–H groups in total. The van der Waals surface area contributed by atoms with Crippen molar-refractivity contribution in [2.75, 3.05) is 140 Å². The average molecular weight is 1700 g/mol. The number of hydrogen-bond donors (Lipinski definition) is 3. The van der Waals surface area contributed by atoms with Crippen LogP contribution in [-0.4, -0.2) is 281 Å². The average Bonchev–Trinajstić information content (AvgIpc) is 0.809. The molecule has 12 unspecified atom stereocenters. The lowest BCUT2D eigenvalue weighted by Gasteiger charge is -2.51. The zero-order chi connectivity index (χ0) is 89.4. The number of piperidine rings is 6. The summed E-state index contributed by atoms with van der Waals surface area (Å²) in [5.41, 5.74) is 0.204. The van der Waals surface area contributed by atoms with Crippen LogP contribution in [0.4, 0.5) is 53.5 Å². The predicted molar refractivity (Wildman–Crippen MR) is 520 cm³/mol. The van der Waals surface area contributed by atoms with Gasteiger partial charge in [0.05, 0.1) is 0 Å². The SMILES string of the molecule is CCCCN(c1nc(NCCCCCC(CCCCCNc2nc(N(CCCC)C3CC(C)N(C)C(C)(C)C3)nc(N(CCCC)C3CC(C)N(C)C(C)(C)C3)n2)Nc2nc(N(CCCC)C3CC(C)N(C)C(C)(C)C3)nc(N(CCCC)C3CC(C)N(C)C(C)(C)C3)n2)nc(N(CCCC)C2CC(C)N(C)C(C)(C)C2)n1)C1CC(C)N(C)C(C)(C)C1. The van der Waals surface area contributed by atoms with Crippen LogP contribution in [-0.2, 0) is 0 Å². The second kappa shape index (κ2) is 44.8. The van der Waals surface area contributed by atoms with Crippen LogP contribution in [0.3, 0.4) is 0 Å². The maximum atomic E-state index is 5.78. The minimum atomic E-state index is 0.0183. The zero-order valence-electron chi connectivity index (χ0n) is 84.2. The van der Waals surface area contributed by atoms with Crippen LogP contribution < -0.4 is 45.3 Å². The third-order valence-electron chi connectivity index (χ3n) is 31.7. The Labute approximate surface area is 747 Å². The van der Waals surface area contributed by atoms with Gasteiger partial charge in [-0.05, 0) is 308 Å². The molecule has 3 aromatic rings. The van der Waals surface area contributed by atoms with Gasteiger partial charge in [-0.25, -0.2) is 0 Å². The van der Waals surface area contributed by atoms with Crippen molar-refractivity contribution in [3.8, 4) is 0 Å². The Morgan fingerprint density at radius 3 is 0.639 bits per heavy atom. The van der Waals surface area contributed by atoms with E-state index in [4.69, 9.17) is 44.9 Å². The van der Waals surface area contributed by atoms with Crippen LogP contribution in [0.25, 0.3) is 0 Å². The molecule has 6 fully saturated rings. The quantitative estimate of drug-likeness (QED) is 0.0452. The Morgan fingerprint density at radius 1 is 0.270 bits per heavy atom. The van der Waals surface area contributed by atoms with Crippen molar-refractivity contribution in [1.82, 2.24) is 74.3 Å². The van der Waals surface area contributed by atoms with Gasteiger partial charge in [-0.15, -0.1) is 0 Å². The first-order valence-corrected chi connectivity index (χ1v) is 50.1. The van der Waals surface area contributed by atoms with E-state index in [2.05, 4.69) is 283 Å². The third kappa shape index (κ3) is 26.2. The molecule has 0 aliphatic carbocycles. The number of aromatic nitrogens is 9. The van der Waals surface area contributed by atoms with E-state index in [1.54, 1.807) is 0 Å². The summed E-state index contributed by atoms with van der Waals surface area (Å²) in [6, 6.07) is 4.56. The minimum Gasteiger partial charge on any atom is -0.354 e. The lowest BCUT2D eigenvalue weighted by molar-refractivity contribution is 0.0459. The van der Waals surface area contributed by atoms with E-state index in [1.165, 1.54) is 0 Å². The van der Waals surface area contributed by atoms with Crippen molar-refractivity contribution in [3.63, 3.8) is 0 Å². The lowest BCUT2D eigenvalue weighted by Crippen LogP contribution is -2.58. The molecule has 24 nitrogen and oxygen atoms in total. The van der Waals surface area contributed by atoms with Gasteiger partial charge in [0.2, 0.25) is 53.5 Å². The Morgan fingerprint density at radius 2 is 0.459 bits per heavy atom. The molecule has 0 amide bonds. The van der Waals surface area contributed by atoms with Crippen molar-refractivity contribution in [2.45, 2.75) is 483 Å². The molecular weight excluding hydrogens is 1510 g/mol. The van der Waals surface area contributed by atoms with Crippen LogP contribution in [0.1, 0.15) is 372 Å². The molecule has 6 aliphatic heterocycles.